The molecule has 0 aliphatic rings. The van der Waals surface area contributed by atoms with Crippen molar-refractivity contribution in [2.45, 2.75) is 33.7 Å². The van der Waals surface area contributed by atoms with Crippen LogP contribution in [0, 0.1) is 20.8 Å². The second kappa shape index (κ2) is 5.13. The first-order valence-electron chi connectivity index (χ1n) is 6.05. The standard InChI is InChI=1S/C12H17N5O2/c1-7-6-10(16-15-7)14-11(18)4-5-17-9(3)8(2)13-12(17)19/h6H,4-5H2,1-3H3,(H,13,19)(H2,14,15,16,18). The number of H-pyrrole nitrogens is 2. The van der Waals surface area contributed by atoms with Gasteiger partial charge < -0.3 is 10.3 Å². The molecule has 2 aromatic heterocycles. The lowest BCUT2D eigenvalue weighted by atomic mass is 10.3. The van der Waals surface area contributed by atoms with Crippen LogP contribution in [0.15, 0.2) is 10.9 Å². The van der Waals surface area contributed by atoms with Gasteiger partial charge in [-0.05, 0) is 20.8 Å². The molecule has 0 unspecified atom stereocenters. The fraction of sp³-hybridized carbons (Fsp3) is 0.417. The lowest BCUT2D eigenvalue weighted by Crippen LogP contribution is -2.22. The molecule has 0 spiro atoms. The van der Waals surface area contributed by atoms with Crippen molar-refractivity contribution < 1.29 is 4.79 Å². The number of nitrogens with zero attached hydrogens (tertiary/aromatic N) is 2. The van der Waals surface area contributed by atoms with E-state index in [4.69, 9.17) is 0 Å². The van der Waals surface area contributed by atoms with Crippen LogP contribution in [0.3, 0.4) is 0 Å². The molecule has 0 saturated carbocycles. The first-order valence-corrected chi connectivity index (χ1v) is 6.05. The van der Waals surface area contributed by atoms with Gasteiger partial charge in [-0.2, -0.15) is 5.10 Å². The van der Waals surface area contributed by atoms with Crippen molar-refractivity contribution in [1.82, 2.24) is 19.7 Å². The second-order valence-corrected chi connectivity index (χ2v) is 4.53. The third kappa shape index (κ3) is 2.93. The van der Waals surface area contributed by atoms with Crippen LogP contribution in [0.4, 0.5) is 5.82 Å². The zero-order valence-electron chi connectivity index (χ0n) is 11.2. The molecule has 1 amide bonds. The molecule has 0 fully saturated rings. The Morgan fingerprint density at radius 3 is 2.68 bits per heavy atom. The quantitative estimate of drug-likeness (QED) is 0.763. The van der Waals surface area contributed by atoms with Gasteiger partial charge in [-0.25, -0.2) is 4.79 Å². The van der Waals surface area contributed by atoms with E-state index >= 15 is 0 Å². The van der Waals surface area contributed by atoms with Gasteiger partial charge in [0.25, 0.3) is 0 Å². The number of rotatable bonds is 4. The summed E-state index contributed by atoms with van der Waals surface area (Å²) >= 11 is 0. The molecule has 7 nitrogen and oxygen atoms in total. The van der Waals surface area contributed by atoms with Gasteiger partial charge >= 0.3 is 5.69 Å². The maximum Gasteiger partial charge on any atom is 0.325 e. The summed E-state index contributed by atoms with van der Waals surface area (Å²) in [6.45, 7) is 5.89. The summed E-state index contributed by atoms with van der Waals surface area (Å²) in [5.41, 5.74) is 2.38. The number of aryl methyl sites for hydroxylation is 2. The number of carbonyl (C=O) groups excluding carboxylic acids is 1. The molecule has 0 aliphatic heterocycles. The Hall–Kier alpha value is -2.31. The van der Waals surface area contributed by atoms with E-state index in [-0.39, 0.29) is 18.0 Å². The fourth-order valence-corrected chi connectivity index (χ4v) is 1.84. The number of anilines is 1. The summed E-state index contributed by atoms with van der Waals surface area (Å²) in [7, 11) is 0. The lowest BCUT2D eigenvalue weighted by molar-refractivity contribution is -0.116. The predicted octanol–water partition coefficient (Wildman–Crippen LogP) is 0.854. The van der Waals surface area contributed by atoms with Crippen LogP contribution in [-0.4, -0.2) is 25.7 Å². The summed E-state index contributed by atoms with van der Waals surface area (Å²) in [4.78, 5) is 26.0. The molecule has 3 N–H and O–H groups in total. The molecule has 19 heavy (non-hydrogen) atoms. The van der Waals surface area contributed by atoms with Crippen LogP contribution in [0.2, 0.25) is 0 Å². The van der Waals surface area contributed by atoms with Gasteiger partial charge in [0.2, 0.25) is 5.91 Å². The van der Waals surface area contributed by atoms with Crippen LogP contribution in [0.1, 0.15) is 23.5 Å². The molecular formula is C12H17N5O2. The minimum atomic E-state index is -0.182. The molecule has 102 valence electrons. The number of hydrogen-bond acceptors (Lipinski definition) is 3. The number of aromatic amines is 2. The third-order valence-electron chi connectivity index (χ3n) is 3.02. The zero-order chi connectivity index (χ0) is 14.0. The molecule has 0 aromatic carbocycles. The summed E-state index contributed by atoms with van der Waals surface area (Å²) in [6.07, 6.45) is 0.226. The van der Waals surface area contributed by atoms with Crippen molar-refractivity contribution in [1.29, 1.82) is 0 Å². The van der Waals surface area contributed by atoms with Crippen molar-refractivity contribution in [3.63, 3.8) is 0 Å². The first-order chi connectivity index (χ1) is 8.97. The molecule has 0 radical (unpaired) electrons. The van der Waals surface area contributed by atoms with Gasteiger partial charge in [-0.15, -0.1) is 0 Å². The normalized spacial score (nSPS) is 10.7. The van der Waals surface area contributed by atoms with E-state index < -0.39 is 0 Å². The highest BCUT2D eigenvalue weighted by atomic mass is 16.2. The van der Waals surface area contributed by atoms with Gasteiger partial charge in [-0.1, -0.05) is 0 Å². The number of aromatic nitrogens is 4. The van der Waals surface area contributed by atoms with Gasteiger partial charge in [0.05, 0.1) is 0 Å². The van der Waals surface area contributed by atoms with E-state index in [2.05, 4.69) is 20.5 Å². The summed E-state index contributed by atoms with van der Waals surface area (Å²) in [6, 6.07) is 1.75. The SMILES string of the molecule is Cc1cc(NC(=O)CCn2c(C)c(C)[nH]c2=O)n[nH]1. The Balaban J connectivity index is 1.95. The molecule has 0 atom stereocenters. The topological polar surface area (TPSA) is 95.6 Å². The summed E-state index contributed by atoms with van der Waals surface area (Å²) in [5, 5.41) is 9.33. The average Bonchev–Trinajstić information content (AvgIpc) is 2.83. The maximum absolute atomic E-state index is 11.7. The summed E-state index contributed by atoms with van der Waals surface area (Å²) in [5.74, 6) is 0.327. The van der Waals surface area contributed by atoms with Gasteiger partial charge in [0, 0.05) is 36.1 Å². The summed E-state index contributed by atoms with van der Waals surface area (Å²) < 4.78 is 1.56. The van der Waals surface area contributed by atoms with Crippen molar-refractivity contribution in [3.05, 3.63) is 33.6 Å². The predicted molar refractivity (Wildman–Crippen MR) is 71.1 cm³/mol. The average molecular weight is 263 g/mol. The van der Waals surface area contributed by atoms with E-state index in [1.54, 1.807) is 10.6 Å². The fourth-order valence-electron chi connectivity index (χ4n) is 1.84. The number of imidazole rings is 1. The minimum absolute atomic E-state index is 0.170. The van der Waals surface area contributed by atoms with Gasteiger partial charge in [0.1, 0.15) is 0 Å². The van der Waals surface area contributed by atoms with Gasteiger partial charge in [0.15, 0.2) is 5.82 Å². The highest BCUT2D eigenvalue weighted by Gasteiger charge is 2.09. The second-order valence-electron chi connectivity index (χ2n) is 4.53. The van der Waals surface area contributed by atoms with Crippen LogP contribution < -0.4 is 11.0 Å². The highest BCUT2D eigenvalue weighted by Crippen LogP contribution is 2.05. The monoisotopic (exact) mass is 263 g/mol. The van der Waals surface area contributed by atoms with Crippen molar-refractivity contribution in [2.24, 2.45) is 0 Å². The lowest BCUT2D eigenvalue weighted by Gasteiger charge is -2.04. The molecule has 0 aliphatic carbocycles. The molecule has 2 rings (SSSR count). The van der Waals surface area contributed by atoms with Crippen molar-refractivity contribution >= 4 is 11.7 Å². The first kappa shape index (κ1) is 13.1. The van der Waals surface area contributed by atoms with Crippen LogP contribution in [0.5, 0.6) is 0 Å². The van der Waals surface area contributed by atoms with Crippen LogP contribution >= 0.6 is 0 Å². The molecule has 2 heterocycles. The molecule has 2 aromatic rings. The molecule has 0 bridgehead atoms. The highest BCUT2D eigenvalue weighted by molar-refractivity contribution is 5.89. The van der Waals surface area contributed by atoms with E-state index in [0.717, 1.165) is 17.1 Å². The van der Waals surface area contributed by atoms with E-state index in [0.29, 0.717) is 12.4 Å². The Bertz CT molecular complexity index is 649. The minimum Gasteiger partial charge on any atom is -0.310 e. The molecular weight excluding hydrogens is 246 g/mol. The van der Waals surface area contributed by atoms with E-state index in [1.807, 2.05) is 20.8 Å². The molecule has 0 saturated heterocycles. The number of amides is 1. The van der Waals surface area contributed by atoms with Crippen molar-refractivity contribution in [2.75, 3.05) is 5.32 Å². The smallest absolute Gasteiger partial charge is 0.310 e. The number of nitrogens with one attached hydrogen (secondary N) is 3. The van der Waals surface area contributed by atoms with Crippen LogP contribution in [0.25, 0.3) is 0 Å². The third-order valence-corrected chi connectivity index (χ3v) is 3.02. The number of carbonyl (C=O) groups is 1. The Labute approximate surface area is 110 Å². The van der Waals surface area contributed by atoms with Crippen molar-refractivity contribution in [3.8, 4) is 0 Å². The Morgan fingerprint density at radius 2 is 2.16 bits per heavy atom. The Kier molecular flexibility index (Phi) is 3.55. The van der Waals surface area contributed by atoms with E-state index in [9.17, 15) is 9.59 Å². The molecule has 7 heteroatoms. The van der Waals surface area contributed by atoms with Crippen LogP contribution in [-0.2, 0) is 11.3 Å². The Morgan fingerprint density at radius 1 is 1.42 bits per heavy atom. The van der Waals surface area contributed by atoms with E-state index in [1.165, 1.54) is 0 Å². The number of hydrogen-bond donors (Lipinski definition) is 3. The maximum atomic E-state index is 11.7. The largest absolute Gasteiger partial charge is 0.325 e. The van der Waals surface area contributed by atoms with Gasteiger partial charge in [-0.3, -0.25) is 14.5 Å². The zero-order valence-corrected chi connectivity index (χ0v) is 11.2.